The number of hydrogen-bond donors (Lipinski definition) is 10. The maximum absolute atomic E-state index is 12.9. The molecular weight excluding hydrogens is 654 g/mol. The van der Waals surface area contributed by atoms with E-state index < -0.39 is 105 Å². The quantitative estimate of drug-likeness (QED) is 0.0544. The number of rotatable bonds is 22. The third-order valence-electron chi connectivity index (χ3n) is 6.00. The summed E-state index contributed by atoms with van der Waals surface area (Å²) in [5.41, 5.74) is 5.92. The first-order valence-corrected chi connectivity index (χ1v) is 15.9. The van der Waals surface area contributed by atoms with Gasteiger partial charge in [0.25, 0.3) is 0 Å². The Hall–Kier alpha value is -5.24. The summed E-state index contributed by atoms with van der Waals surface area (Å²) >= 11 is 1.40. The van der Waals surface area contributed by atoms with E-state index in [0.717, 1.165) is 0 Å². The molecule has 0 fully saturated rings. The molecule has 1 aromatic rings. The molecule has 19 nitrogen and oxygen atoms in total. The predicted octanol–water partition coefficient (Wildman–Crippen LogP) is -5.31. The normalized spacial score (nSPS) is 11.5. The molecule has 0 aromatic heterocycles. The van der Waals surface area contributed by atoms with Crippen LogP contribution in [0.4, 0.5) is 0 Å². The zero-order chi connectivity index (χ0) is 35.9. The van der Waals surface area contributed by atoms with Crippen molar-refractivity contribution in [2.24, 2.45) is 5.73 Å². The lowest BCUT2D eigenvalue weighted by Crippen LogP contribution is -2.53. The van der Waals surface area contributed by atoms with Gasteiger partial charge in [-0.05, 0) is 24.0 Å². The number of benzene rings is 1. The van der Waals surface area contributed by atoms with Crippen LogP contribution in [0, 0.1) is 0 Å². The SMILES string of the molecule is CSCC[C@H](NC(=O)CNC(=O)CNC(=O)[C@H](Cc1ccccc1)NC(=O)CNC(=O)CN)C(=O)NCC(=O)NCC(=O)NCC(=O)O. The van der Waals surface area contributed by atoms with Crippen molar-refractivity contribution in [3.63, 3.8) is 0 Å². The van der Waals surface area contributed by atoms with Crippen LogP contribution in [-0.4, -0.2) is 128 Å². The third kappa shape index (κ3) is 18.7. The standard InChI is InChI=1S/C28H41N9O10S/c1-48-8-7-18(27(46)34-12-22(40)31-11-21(39)33-16-26(44)45)36-24(42)15-32-23(41)13-35-28(47)19(9-17-5-3-2-4-6-17)37-25(43)14-30-20(38)10-29/h2-6,18-19H,7-16,29H2,1H3,(H,30,38)(H,31,40)(H,32,41)(H,33,39)(H,34,46)(H,35,47)(H,36,42)(H,37,43)(H,44,45)/t18-,19-/m0/s1. The molecule has 0 heterocycles. The van der Waals surface area contributed by atoms with Crippen LogP contribution in [-0.2, 0) is 49.6 Å². The fourth-order valence-corrected chi connectivity index (χ4v) is 4.08. The van der Waals surface area contributed by atoms with Crippen LogP contribution in [0.15, 0.2) is 30.3 Å². The number of carboxylic acid groups (broad SMARTS) is 1. The van der Waals surface area contributed by atoms with Gasteiger partial charge >= 0.3 is 5.97 Å². The maximum atomic E-state index is 12.9. The zero-order valence-corrected chi connectivity index (χ0v) is 27.0. The summed E-state index contributed by atoms with van der Waals surface area (Å²) in [6.07, 6.45) is 2.05. The van der Waals surface area contributed by atoms with Gasteiger partial charge in [-0.2, -0.15) is 11.8 Å². The number of thioether (sulfide) groups is 1. The van der Waals surface area contributed by atoms with Crippen LogP contribution in [0.25, 0.3) is 0 Å². The second kappa shape index (κ2) is 23.1. The summed E-state index contributed by atoms with van der Waals surface area (Å²) < 4.78 is 0. The zero-order valence-electron chi connectivity index (χ0n) is 26.2. The molecule has 11 N–H and O–H groups in total. The van der Waals surface area contributed by atoms with Crippen LogP contribution in [0.3, 0.4) is 0 Å². The molecule has 1 aromatic carbocycles. The molecule has 0 unspecified atom stereocenters. The number of hydrogen-bond acceptors (Lipinski definition) is 11. The average molecular weight is 696 g/mol. The Balaban J connectivity index is 2.60. The van der Waals surface area contributed by atoms with Gasteiger partial charge in [-0.15, -0.1) is 0 Å². The van der Waals surface area contributed by atoms with Crippen molar-refractivity contribution in [3.05, 3.63) is 35.9 Å². The number of aliphatic carboxylic acids is 1. The van der Waals surface area contributed by atoms with Crippen molar-refractivity contribution in [2.45, 2.75) is 24.9 Å². The van der Waals surface area contributed by atoms with Gasteiger partial charge in [0.15, 0.2) is 0 Å². The second-order valence-electron chi connectivity index (χ2n) is 9.85. The Kier molecular flexibility index (Phi) is 19.7. The fraction of sp³-hybridized carbons (Fsp3) is 0.464. The van der Waals surface area contributed by atoms with Gasteiger partial charge in [0.05, 0.1) is 39.3 Å². The van der Waals surface area contributed by atoms with E-state index in [9.17, 15) is 43.2 Å². The van der Waals surface area contributed by atoms with E-state index >= 15 is 0 Å². The minimum atomic E-state index is -1.26. The smallest absolute Gasteiger partial charge is 0.322 e. The number of amides is 8. The largest absolute Gasteiger partial charge is 0.480 e. The molecule has 264 valence electrons. The fourth-order valence-electron chi connectivity index (χ4n) is 3.61. The highest BCUT2D eigenvalue weighted by Crippen LogP contribution is 2.04. The van der Waals surface area contributed by atoms with Crippen LogP contribution >= 0.6 is 11.8 Å². The van der Waals surface area contributed by atoms with Crippen molar-refractivity contribution in [1.82, 2.24) is 42.5 Å². The van der Waals surface area contributed by atoms with E-state index in [0.29, 0.717) is 11.3 Å². The minimum Gasteiger partial charge on any atom is -0.480 e. The number of carbonyl (C=O) groups excluding carboxylic acids is 8. The van der Waals surface area contributed by atoms with Gasteiger partial charge in [0.1, 0.15) is 18.6 Å². The molecule has 0 spiro atoms. The molecule has 0 saturated carbocycles. The van der Waals surface area contributed by atoms with Gasteiger partial charge in [-0.25, -0.2) is 0 Å². The van der Waals surface area contributed by atoms with E-state index in [-0.39, 0.29) is 19.4 Å². The highest BCUT2D eigenvalue weighted by molar-refractivity contribution is 7.98. The first kappa shape index (κ1) is 40.8. The van der Waals surface area contributed by atoms with Crippen molar-refractivity contribution < 1.29 is 48.3 Å². The highest BCUT2D eigenvalue weighted by Gasteiger charge is 2.23. The van der Waals surface area contributed by atoms with E-state index in [1.165, 1.54) is 11.8 Å². The van der Waals surface area contributed by atoms with Crippen LogP contribution in [0.2, 0.25) is 0 Å². The Morgan fingerprint density at radius 3 is 1.56 bits per heavy atom. The second-order valence-corrected chi connectivity index (χ2v) is 10.8. The Labute approximate surface area is 280 Å². The molecule has 48 heavy (non-hydrogen) atoms. The Morgan fingerprint density at radius 1 is 0.625 bits per heavy atom. The summed E-state index contributed by atoms with van der Waals surface area (Å²) in [7, 11) is 0. The summed E-state index contributed by atoms with van der Waals surface area (Å²) in [4.78, 5) is 108. The van der Waals surface area contributed by atoms with E-state index in [1.807, 2.05) is 0 Å². The van der Waals surface area contributed by atoms with E-state index in [2.05, 4.69) is 42.5 Å². The lowest BCUT2D eigenvalue weighted by atomic mass is 10.1. The van der Waals surface area contributed by atoms with Gasteiger partial charge in [0.2, 0.25) is 47.3 Å². The summed E-state index contributed by atoms with van der Waals surface area (Å²) in [5.74, 6) is -6.36. The van der Waals surface area contributed by atoms with Crippen LogP contribution in [0.5, 0.6) is 0 Å². The first-order valence-electron chi connectivity index (χ1n) is 14.5. The topological polar surface area (TPSA) is 296 Å². The first-order chi connectivity index (χ1) is 22.8. The number of nitrogens with two attached hydrogens (primary N) is 1. The molecule has 2 atom stereocenters. The molecule has 0 radical (unpaired) electrons. The van der Waals surface area contributed by atoms with Crippen LogP contribution < -0.4 is 48.3 Å². The molecular formula is C28H41N9O10S. The summed E-state index contributed by atoms with van der Waals surface area (Å²) in [6.45, 7) is -3.48. The molecule has 0 aliphatic heterocycles. The lowest BCUT2D eigenvalue weighted by Gasteiger charge is -2.19. The van der Waals surface area contributed by atoms with Crippen molar-refractivity contribution >= 4 is 65.0 Å². The van der Waals surface area contributed by atoms with Crippen molar-refractivity contribution in [2.75, 3.05) is 57.8 Å². The molecule has 0 aliphatic carbocycles. The van der Waals surface area contributed by atoms with Crippen LogP contribution in [0.1, 0.15) is 12.0 Å². The van der Waals surface area contributed by atoms with Gasteiger partial charge in [-0.1, -0.05) is 30.3 Å². The molecule has 1 rings (SSSR count). The van der Waals surface area contributed by atoms with Crippen molar-refractivity contribution in [1.29, 1.82) is 0 Å². The molecule has 8 amide bonds. The molecule has 0 aliphatic rings. The van der Waals surface area contributed by atoms with Crippen molar-refractivity contribution in [3.8, 4) is 0 Å². The van der Waals surface area contributed by atoms with Gasteiger partial charge in [0, 0.05) is 6.42 Å². The van der Waals surface area contributed by atoms with Gasteiger partial charge in [-0.3, -0.25) is 43.2 Å². The maximum Gasteiger partial charge on any atom is 0.322 e. The Bertz CT molecular complexity index is 1300. The van der Waals surface area contributed by atoms with E-state index in [1.54, 1.807) is 36.6 Å². The van der Waals surface area contributed by atoms with E-state index in [4.69, 9.17) is 10.8 Å². The number of nitrogens with one attached hydrogen (secondary N) is 8. The Morgan fingerprint density at radius 2 is 1.06 bits per heavy atom. The summed E-state index contributed by atoms with van der Waals surface area (Å²) in [5, 5.41) is 27.1. The van der Waals surface area contributed by atoms with Gasteiger partial charge < -0.3 is 53.4 Å². The molecule has 0 bridgehead atoms. The summed E-state index contributed by atoms with van der Waals surface area (Å²) in [6, 6.07) is 6.58. The average Bonchev–Trinajstić information content (AvgIpc) is 3.07. The lowest BCUT2D eigenvalue weighted by molar-refractivity contribution is -0.138. The molecule has 20 heteroatoms. The predicted molar refractivity (Wildman–Crippen MR) is 172 cm³/mol. The molecule has 0 saturated heterocycles. The number of carboxylic acids is 1. The third-order valence-corrected chi connectivity index (χ3v) is 6.65. The number of carbonyl (C=O) groups is 9. The monoisotopic (exact) mass is 695 g/mol. The minimum absolute atomic E-state index is 0.0799. The highest BCUT2D eigenvalue weighted by atomic mass is 32.2.